The fourth-order valence-electron chi connectivity index (χ4n) is 2.93. The number of aromatic nitrogens is 3. The molecule has 5 nitrogen and oxygen atoms in total. The molecule has 1 aromatic rings. The van der Waals surface area contributed by atoms with Crippen LogP contribution in [0.1, 0.15) is 56.9 Å². The highest BCUT2D eigenvalue weighted by atomic mass is 16.5. The van der Waals surface area contributed by atoms with Crippen LogP contribution in [0.25, 0.3) is 0 Å². The van der Waals surface area contributed by atoms with Crippen molar-refractivity contribution in [2.24, 2.45) is 5.92 Å². The first-order chi connectivity index (χ1) is 8.77. The Kier molecular flexibility index (Phi) is 3.35. The number of hydrogen-bond acceptors (Lipinski definition) is 4. The molecule has 1 N–H and O–H groups in total. The van der Waals surface area contributed by atoms with Crippen molar-refractivity contribution < 1.29 is 4.74 Å². The predicted molar refractivity (Wildman–Crippen MR) is 68.1 cm³/mol. The Labute approximate surface area is 108 Å². The lowest BCUT2D eigenvalue weighted by atomic mass is 10.0. The maximum absolute atomic E-state index is 5.84. The Balaban J connectivity index is 1.89. The first-order valence-electron chi connectivity index (χ1n) is 7.05. The van der Waals surface area contributed by atoms with E-state index in [4.69, 9.17) is 4.74 Å². The van der Waals surface area contributed by atoms with Gasteiger partial charge in [0.15, 0.2) is 11.6 Å². The average Bonchev–Trinajstić information content (AvgIpc) is 2.83. The summed E-state index contributed by atoms with van der Waals surface area (Å²) < 4.78 is 8.12. The summed E-state index contributed by atoms with van der Waals surface area (Å²) >= 11 is 0. The summed E-state index contributed by atoms with van der Waals surface area (Å²) in [4.78, 5) is 0. The van der Waals surface area contributed by atoms with Gasteiger partial charge in [-0.2, -0.15) is 0 Å². The van der Waals surface area contributed by atoms with Crippen molar-refractivity contribution in [3.05, 3.63) is 11.6 Å². The van der Waals surface area contributed by atoms with E-state index in [2.05, 4.69) is 33.9 Å². The van der Waals surface area contributed by atoms with Crippen molar-refractivity contribution in [3.8, 4) is 0 Å². The van der Waals surface area contributed by atoms with Crippen LogP contribution in [0.2, 0.25) is 0 Å². The minimum Gasteiger partial charge on any atom is -0.370 e. The van der Waals surface area contributed by atoms with E-state index in [1.807, 2.05) is 0 Å². The van der Waals surface area contributed by atoms with Crippen molar-refractivity contribution >= 4 is 0 Å². The van der Waals surface area contributed by atoms with Crippen LogP contribution in [-0.2, 0) is 11.3 Å². The second kappa shape index (κ2) is 4.97. The molecule has 0 spiro atoms. The summed E-state index contributed by atoms with van der Waals surface area (Å²) in [6.45, 7) is 7.25. The van der Waals surface area contributed by atoms with Gasteiger partial charge in [-0.1, -0.05) is 13.8 Å². The van der Waals surface area contributed by atoms with Gasteiger partial charge in [-0.3, -0.25) is 0 Å². The van der Waals surface area contributed by atoms with Gasteiger partial charge >= 0.3 is 0 Å². The summed E-state index contributed by atoms with van der Waals surface area (Å²) in [6, 6.07) is 0.323. The molecule has 0 bridgehead atoms. The second-order valence-corrected chi connectivity index (χ2v) is 5.60. The SMILES string of the molecule is CC(C)C1NCCn2c(C3CCCCO3)nnc21. The molecule has 0 aromatic carbocycles. The van der Waals surface area contributed by atoms with Crippen molar-refractivity contribution in [2.45, 2.75) is 51.8 Å². The Morgan fingerprint density at radius 1 is 1.28 bits per heavy atom. The zero-order chi connectivity index (χ0) is 12.5. The molecule has 1 saturated heterocycles. The van der Waals surface area contributed by atoms with Gasteiger partial charge in [0.1, 0.15) is 6.10 Å². The lowest BCUT2D eigenvalue weighted by molar-refractivity contribution is 0.00665. The van der Waals surface area contributed by atoms with Crippen molar-refractivity contribution in [2.75, 3.05) is 13.2 Å². The molecule has 1 fully saturated rings. The van der Waals surface area contributed by atoms with Gasteiger partial charge in [-0.15, -0.1) is 10.2 Å². The van der Waals surface area contributed by atoms with Crippen LogP contribution in [0.5, 0.6) is 0 Å². The minimum absolute atomic E-state index is 0.158. The van der Waals surface area contributed by atoms with E-state index >= 15 is 0 Å². The van der Waals surface area contributed by atoms with Gasteiger partial charge in [0.2, 0.25) is 0 Å². The van der Waals surface area contributed by atoms with E-state index in [9.17, 15) is 0 Å². The minimum atomic E-state index is 0.158. The first-order valence-corrected chi connectivity index (χ1v) is 7.05. The number of nitrogens with one attached hydrogen (secondary N) is 1. The summed E-state index contributed by atoms with van der Waals surface area (Å²) in [5.41, 5.74) is 0. The summed E-state index contributed by atoms with van der Waals surface area (Å²) in [7, 11) is 0. The molecule has 2 aliphatic rings. The highest BCUT2D eigenvalue weighted by Gasteiger charge is 2.30. The molecular formula is C13H22N4O. The van der Waals surface area contributed by atoms with Crippen molar-refractivity contribution in [3.63, 3.8) is 0 Å². The van der Waals surface area contributed by atoms with E-state index in [1.54, 1.807) is 0 Å². The van der Waals surface area contributed by atoms with Crippen LogP contribution in [0, 0.1) is 5.92 Å². The van der Waals surface area contributed by atoms with Gasteiger partial charge in [0.25, 0.3) is 0 Å². The van der Waals surface area contributed by atoms with Crippen LogP contribution in [-0.4, -0.2) is 27.9 Å². The van der Waals surface area contributed by atoms with Crippen LogP contribution in [0.3, 0.4) is 0 Å². The molecule has 2 aliphatic heterocycles. The molecule has 2 unspecified atom stereocenters. The summed E-state index contributed by atoms with van der Waals surface area (Å²) in [5.74, 6) is 2.66. The molecule has 3 rings (SSSR count). The predicted octanol–water partition coefficient (Wildman–Crippen LogP) is 1.82. The molecule has 0 aliphatic carbocycles. The smallest absolute Gasteiger partial charge is 0.162 e. The van der Waals surface area contributed by atoms with Gasteiger partial charge in [-0.25, -0.2) is 0 Å². The van der Waals surface area contributed by atoms with Crippen molar-refractivity contribution in [1.82, 2.24) is 20.1 Å². The average molecular weight is 250 g/mol. The molecule has 0 amide bonds. The van der Waals surface area contributed by atoms with E-state index in [0.717, 1.165) is 37.8 Å². The van der Waals surface area contributed by atoms with Gasteiger partial charge in [-0.05, 0) is 25.2 Å². The maximum atomic E-state index is 5.84. The fourth-order valence-corrected chi connectivity index (χ4v) is 2.93. The number of rotatable bonds is 2. The third-order valence-corrected chi connectivity index (χ3v) is 3.92. The molecule has 100 valence electrons. The molecular weight excluding hydrogens is 228 g/mol. The molecule has 0 radical (unpaired) electrons. The van der Waals surface area contributed by atoms with Crippen LogP contribution >= 0.6 is 0 Å². The van der Waals surface area contributed by atoms with Gasteiger partial charge < -0.3 is 14.6 Å². The Morgan fingerprint density at radius 2 is 2.11 bits per heavy atom. The number of fused-ring (bicyclic) bond motifs is 1. The highest BCUT2D eigenvalue weighted by molar-refractivity contribution is 5.07. The molecule has 3 heterocycles. The highest BCUT2D eigenvalue weighted by Crippen LogP contribution is 2.30. The zero-order valence-corrected chi connectivity index (χ0v) is 11.2. The maximum Gasteiger partial charge on any atom is 0.162 e. The second-order valence-electron chi connectivity index (χ2n) is 5.60. The topological polar surface area (TPSA) is 52.0 Å². The molecule has 5 heteroatoms. The van der Waals surface area contributed by atoms with E-state index < -0.39 is 0 Å². The molecule has 0 saturated carbocycles. The Bertz CT molecular complexity index is 409. The third kappa shape index (κ3) is 2.06. The molecule has 18 heavy (non-hydrogen) atoms. The molecule has 2 atom stereocenters. The summed E-state index contributed by atoms with van der Waals surface area (Å²) in [6.07, 6.45) is 3.65. The number of ether oxygens (including phenoxy) is 1. The largest absolute Gasteiger partial charge is 0.370 e. The van der Waals surface area contributed by atoms with E-state index in [-0.39, 0.29) is 6.10 Å². The molecule has 1 aromatic heterocycles. The monoisotopic (exact) mass is 250 g/mol. The number of nitrogens with zero attached hydrogens (tertiary/aromatic N) is 3. The van der Waals surface area contributed by atoms with Crippen LogP contribution in [0.15, 0.2) is 0 Å². The third-order valence-electron chi connectivity index (χ3n) is 3.92. The van der Waals surface area contributed by atoms with Gasteiger partial charge in [0.05, 0.1) is 6.04 Å². The quantitative estimate of drug-likeness (QED) is 0.870. The fraction of sp³-hybridized carbons (Fsp3) is 0.846. The van der Waals surface area contributed by atoms with Crippen LogP contribution in [0.4, 0.5) is 0 Å². The van der Waals surface area contributed by atoms with Gasteiger partial charge in [0, 0.05) is 19.7 Å². The van der Waals surface area contributed by atoms with E-state index in [0.29, 0.717) is 12.0 Å². The standard InChI is InChI=1S/C13H22N4O/c1-9(2)11-13-16-15-12(17(13)7-6-14-11)10-5-3-4-8-18-10/h9-11,14H,3-8H2,1-2H3. The van der Waals surface area contributed by atoms with E-state index in [1.165, 1.54) is 12.8 Å². The lowest BCUT2D eigenvalue weighted by Crippen LogP contribution is -2.37. The number of hydrogen-bond donors (Lipinski definition) is 1. The first kappa shape index (κ1) is 12.1. The normalized spacial score (nSPS) is 28.4. The lowest BCUT2D eigenvalue weighted by Gasteiger charge is -2.29. The summed E-state index contributed by atoms with van der Waals surface area (Å²) in [5, 5.41) is 12.3. The van der Waals surface area contributed by atoms with Crippen LogP contribution < -0.4 is 5.32 Å². The Morgan fingerprint density at radius 3 is 2.83 bits per heavy atom. The zero-order valence-electron chi connectivity index (χ0n) is 11.2. The van der Waals surface area contributed by atoms with Crippen molar-refractivity contribution in [1.29, 1.82) is 0 Å². The Hall–Kier alpha value is -0.940.